The molecule has 12 heteroatoms. The maximum Gasteiger partial charge on any atom is 0.282 e. The molecule has 1 aromatic carbocycles. The Hall–Kier alpha value is -1.73. The first-order valence-corrected chi connectivity index (χ1v) is 13.9. The van der Waals surface area contributed by atoms with Crippen LogP contribution in [0, 0.1) is 0 Å². The van der Waals surface area contributed by atoms with Gasteiger partial charge in [0.1, 0.15) is 0 Å². The van der Waals surface area contributed by atoms with E-state index in [1.807, 2.05) is 13.8 Å². The second kappa shape index (κ2) is 8.90. The SMILES string of the molecule is CC1CN(S(=O)(=O)N2CCN(C(=O)c3ccc(N4CCCS4(=O)=O)cc3)CC2)CC(C)O1. The van der Waals surface area contributed by atoms with Crippen LogP contribution in [0.5, 0.6) is 0 Å². The van der Waals surface area contributed by atoms with Crippen LogP contribution in [-0.2, 0) is 25.0 Å². The van der Waals surface area contributed by atoms with Crippen molar-refractivity contribution in [2.45, 2.75) is 32.5 Å². The molecule has 0 aromatic heterocycles. The van der Waals surface area contributed by atoms with Gasteiger partial charge in [0, 0.05) is 51.4 Å². The van der Waals surface area contributed by atoms with Gasteiger partial charge in [0.2, 0.25) is 10.0 Å². The molecule has 3 heterocycles. The highest BCUT2D eigenvalue weighted by Crippen LogP contribution is 2.25. The van der Waals surface area contributed by atoms with Crippen molar-refractivity contribution in [3.05, 3.63) is 29.8 Å². The van der Waals surface area contributed by atoms with Crippen LogP contribution in [0.4, 0.5) is 5.69 Å². The molecule has 2 unspecified atom stereocenters. The minimum atomic E-state index is -3.60. The molecule has 32 heavy (non-hydrogen) atoms. The lowest BCUT2D eigenvalue weighted by Crippen LogP contribution is -2.57. The third kappa shape index (κ3) is 4.65. The summed E-state index contributed by atoms with van der Waals surface area (Å²) in [5.41, 5.74) is 1.02. The molecule has 0 aliphatic carbocycles. The number of piperazine rings is 1. The zero-order valence-electron chi connectivity index (χ0n) is 18.4. The predicted octanol–water partition coefficient (Wildman–Crippen LogP) is 0.338. The van der Waals surface area contributed by atoms with Crippen molar-refractivity contribution in [1.29, 1.82) is 0 Å². The van der Waals surface area contributed by atoms with E-state index in [2.05, 4.69) is 0 Å². The summed E-state index contributed by atoms with van der Waals surface area (Å²) in [5.74, 6) is -0.0464. The van der Waals surface area contributed by atoms with Crippen LogP contribution in [-0.4, -0.2) is 100 Å². The van der Waals surface area contributed by atoms with Gasteiger partial charge >= 0.3 is 0 Å². The molecule has 0 bridgehead atoms. The van der Waals surface area contributed by atoms with Crippen LogP contribution >= 0.6 is 0 Å². The van der Waals surface area contributed by atoms with Crippen LogP contribution in [0.3, 0.4) is 0 Å². The second-order valence-electron chi connectivity index (χ2n) is 8.56. The molecule has 3 aliphatic heterocycles. The zero-order chi connectivity index (χ0) is 23.1. The highest BCUT2D eigenvalue weighted by molar-refractivity contribution is 7.93. The van der Waals surface area contributed by atoms with Gasteiger partial charge in [-0.25, -0.2) is 8.42 Å². The molecule has 1 amide bonds. The molecule has 10 nitrogen and oxygen atoms in total. The van der Waals surface area contributed by atoms with Gasteiger partial charge in [-0.3, -0.25) is 9.10 Å². The fraction of sp³-hybridized carbons (Fsp3) is 0.650. The van der Waals surface area contributed by atoms with Gasteiger partial charge in [-0.2, -0.15) is 17.0 Å². The number of hydrogen-bond donors (Lipinski definition) is 0. The monoisotopic (exact) mass is 486 g/mol. The van der Waals surface area contributed by atoms with Gasteiger partial charge < -0.3 is 9.64 Å². The minimum Gasteiger partial charge on any atom is -0.373 e. The number of rotatable bonds is 4. The van der Waals surface area contributed by atoms with E-state index in [9.17, 15) is 21.6 Å². The van der Waals surface area contributed by atoms with Gasteiger partial charge in [0.25, 0.3) is 16.1 Å². The number of carbonyl (C=O) groups excluding carboxylic acids is 1. The third-order valence-corrected chi connectivity index (χ3v) is 9.90. The summed E-state index contributed by atoms with van der Waals surface area (Å²) >= 11 is 0. The van der Waals surface area contributed by atoms with Crippen LogP contribution < -0.4 is 4.31 Å². The Balaban J connectivity index is 1.37. The Morgan fingerprint density at radius 2 is 1.53 bits per heavy atom. The van der Waals surface area contributed by atoms with Crippen molar-refractivity contribution in [2.24, 2.45) is 0 Å². The summed E-state index contributed by atoms with van der Waals surface area (Å²) < 4.78 is 60.1. The average Bonchev–Trinajstić information content (AvgIpc) is 3.11. The molecule has 0 saturated carbocycles. The van der Waals surface area contributed by atoms with E-state index in [-0.39, 0.29) is 37.0 Å². The van der Waals surface area contributed by atoms with Gasteiger partial charge in [0.05, 0.1) is 23.6 Å². The summed E-state index contributed by atoms with van der Waals surface area (Å²) in [5, 5.41) is 0. The number of anilines is 1. The molecule has 2 atom stereocenters. The Morgan fingerprint density at radius 1 is 0.938 bits per heavy atom. The summed E-state index contributed by atoms with van der Waals surface area (Å²) in [7, 11) is -6.87. The van der Waals surface area contributed by atoms with Gasteiger partial charge in [-0.1, -0.05) is 0 Å². The Kier molecular flexibility index (Phi) is 6.52. The maximum absolute atomic E-state index is 13.0. The predicted molar refractivity (Wildman–Crippen MR) is 120 cm³/mol. The normalized spacial score (nSPS) is 27.6. The van der Waals surface area contributed by atoms with Crippen LogP contribution in [0.25, 0.3) is 0 Å². The van der Waals surface area contributed by atoms with Gasteiger partial charge in [0.15, 0.2) is 0 Å². The molecular formula is C20H30N4O6S2. The summed E-state index contributed by atoms with van der Waals surface area (Å²) in [6.07, 6.45) is 0.281. The summed E-state index contributed by atoms with van der Waals surface area (Å²) in [4.78, 5) is 14.5. The number of morpholine rings is 1. The third-order valence-electron chi connectivity index (χ3n) is 6.07. The number of sulfonamides is 1. The minimum absolute atomic E-state index is 0.142. The van der Waals surface area contributed by atoms with E-state index in [1.165, 1.54) is 12.9 Å². The number of hydrogen-bond acceptors (Lipinski definition) is 6. The van der Waals surface area contributed by atoms with E-state index in [1.54, 1.807) is 29.2 Å². The van der Waals surface area contributed by atoms with Crippen molar-refractivity contribution in [3.8, 4) is 0 Å². The van der Waals surface area contributed by atoms with E-state index in [0.29, 0.717) is 50.4 Å². The smallest absolute Gasteiger partial charge is 0.282 e. The number of benzene rings is 1. The number of amides is 1. The molecule has 4 rings (SSSR count). The highest BCUT2D eigenvalue weighted by Gasteiger charge is 2.37. The molecule has 0 spiro atoms. The number of ether oxygens (including phenoxy) is 1. The Morgan fingerprint density at radius 3 is 2.06 bits per heavy atom. The molecule has 3 saturated heterocycles. The lowest BCUT2D eigenvalue weighted by atomic mass is 10.1. The first kappa shape index (κ1) is 23.4. The van der Waals surface area contributed by atoms with E-state index >= 15 is 0 Å². The van der Waals surface area contributed by atoms with Crippen molar-refractivity contribution in [3.63, 3.8) is 0 Å². The van der Waals surface area contributed by atoms with Crippen molar-refractivity contribution in [2.75, 3.05) is 55.9 Å². The Bertz CT molecular complexity index is 1040. The standard InChI is InChI=1S/C20H30N4O6S2/c1-16-14-23(15-17(2)30-16)32(28,29)22-11-9-21(10-12-22)20(25)18-4-6-19(7-5-18)24-8-3-13-31(24,26)27/h4-7,16-17H,3,8-15H2,1-2H3. The van der Waals surface area contributed by atoms with Gasteiger partial charge in [-0.05, 0) is 44.5 Å². The molecule has 0 N–H and O–H groups in total. The molecule has 1 aromatic rings. The Labute approximate surface area is 189 Å². The highest BCUT2D eigenvalue weighted by atomic mass is 32.2. The largest absolute Gasteiger partial charge is 0.373 e. The lowest BCUT2D eigenvalue weighted by molar-refractivity contribution is -0.0457. The average molecular weight is 487 g/mol. The fourth-order valence-electron chi connectivity index (χ4n) is 4.49. The zero-order valence-corrected chi connectivity index (χ0v) is 20.0. The lowest BCUT2D eigenvalue weighted by Gasteiger charge is -2.40. The number of carbonyl (C=O) groups is 1. The first-order valence-electron chi connectivity index (χ1n) is 10.9. The topological polar surface area (TPSA) is 108 Å². The van der Waals surface area contributed by atoms with Crippen LogP contribution in [0.2, 0.25) is 0 Å². The van der Waals surface area contributed by atoms with Crippen molar-refractivity contribution >= 4 is 31.8 Å². The summed E-state index contributed by atoms with van der Waals surface area (Å²) in [6, 6.07) is 6.56. The quantitative estimate of drug-likeness (QED) is 0.607. The molecular weight excluding hydrogens is 456 g/mol. The van der Waals surface area contributed by atoms with E-state index in [0.717, 1.165) is 0 Å². The van der Waals surface area contributed by atoms with Gasteiger partial charge in [-0.15, -0.1) is 0 Å². The molecule has 3 fully saturated rings. The fourth-order valence-corrected chi connectivity index (χ4v) is 7.80. The maximum atomic E-state index is 13.0. The van der Waals surface area contributed by atoms with Crippen LogP contribution in [0.15, 0.2) is 24.3 Å². The number of nitrogens with zero attached hydrogens (tertiary/aromatic N) is 4. The van der Waals surface area contributed by atoms with Crippen LogP contribution in [0.1, 0.15) is 30.6 Å². The molecule has 3 aliphatic rings. The van der Waals surface area contributed by atoms with E-state index in [4.69, 9.17) is 4.74 Å². The van der Waals surface area contributed by atoms with Crippen molar-refractivity contribution < 1.29 is 26.4 Å². The molecule has 0 radical (unpaired) electrons. The molecule has 178 valence electrons. The van der Waals surface area contributed by atoms with E-state index < -0.39 is 20.2 Å². The second-order valence-corrected chi connectivity index (χ2v) is 12.5. The van der Waals surface area contributed by atoms with Crippen molar-refractivity contribution in [1.82, 2.24) is 13.5 Å². The summed E-state index contributed by atoms with van der Waals surface area (Å²) in [6.45, 7) is 5.89. The first-order chi connectivity index (χ1) is 15.1.